The maximum Gasteiger partial charge on any atom is 0.243 e. The van der Waals surface area contributed by atoms with E-state index in [-0.39, 0.29) is 0 Å². The van der Waals surface area contributed by atoms with E-state index in [1.165, 1.54) is 5.56 Å². The summed E-state index contributed by atoms with van der Waals surface area (Å²) in [5.41, 5.74) is 5.17. The molecular weight excluding hydrogens is 356 g/mol. The zero-order chi connectivity index (χ0) is 19.6. The minimum atomic E-state index is -3.45. The number of hydrogen-bond acceptors (Lipinski definition) is 3. The maximum atomic E-state index is 13.3. The molecule has 0 radical (unpaired) electrons. The van der Waals surface area contributed by atoms with Crippen LogP contribution < -0.4 is 0 Å². The number of benzene rings is 2. The van der Waals surface area contributed by atoms with Crippen LogP contribution in [-0.2, 0) is 16.4 Å². The smallest absolute Gasteiger partial charge is 0.243 e. The minimum absolute atomic E-state index is 0.512. The SMILES string of the molecule is Cc1cc(C)c(C)c(S(=O)(=O)N2CCN(CCc3ccccc3)CC2)c1C. The van der Waals surface area contributed by atoms with Crippen molar-refractivity contribution in [1.82, 2.24) is 9.21 Å². The van der Waals surface area contributed by atoms with Gasteiger partial charge in [-0.25, -0.2) is 8.42 Å². The van der Waals surface area contributed by atoms with Crippen molar-refractivity contribution in [3.05, 3.63) is 64.2 Å². The molecule has 0 aliphatic carbocycles. The van der Waals surface area contributed by atoms with Gasteiger partial charge in [-0.15, -0.1) is 0 Å². The molecule has 1 aliphatic heterocycles. The van der Waals surface area contributed by atoms with Gasteiger partial charge >= 0.3 is 0 Å². The van der Waals surface area contributed by atoms with Crippen molar-refractivity contribution < 1.29 is 8.42 Å². The van der Waals surface area contributed by atoms with Gasteiger partial charge in [0.1, 0.15) is 0 Å². The number of sulfonamides is 1. The van der Waals surface area contributed by atoms with E-state index in [2.05, 4.69) is 35.2 Å². The van der Waals surface area contributed by atoms with Crippen LogP contribution in [-0.4, -0.2) is 50.3 Å². The second kappa shape index (κ2) is 8.13. The predicted octanol–water partition coefficient (Wildman–Crippen LogP) is 3.47. The van der Waals surface area contributed by atoms with E-state index in [0.29, 0.717) is 18.0 Å². The lowest BCUT2D eigenvalue weighted by Gasteiger charge is -2.34. The highest BCUT2D eigenvalue weighted by molar-refractivity contribution is 7.89. The molecular formula is C22H30N2O2S. The highest BCUT2D eigenvalue weighted by Crippen LogP contribution is 2.29. The Morgan fingerprint density at radius 1 is 0.852 bits per heavy atom. The highest BCUT2D eigenvalue weighted by atomic mass is 32.2. The molecule has 146 valence electrons. The molecule has 4 nitrogen and oxygen atoms in total. The van der Waals surface area contributed by atoms with E-state index >= 15 is 0 Å². The van der Waals surface area contributed by atoms with Crippen LogP contribution in [0.25, 0.3) is 0 Å². The fourth-order valence-electron chi connectivity index (χ4n) is 3.82. The summed E-state index contributed by atoms with van der Waals surface area (Å²) in [5.74, 6) is 0. The highest BCUT2D eigenvalue weighted by Gasteiger charge is 2.31. The topological polar surface area (TPSA) is 40.6 Å². The number of piperazine rings is 1. The van der Waals surface area contributed by atoms with Crippen LogP contribution in [0.3, 0.4) is 0 Å². The molecule has 0 atom stereocenters. The number of nitrogens with zero attached hydrogens (tertiary/aromatic N) is 2. The molecule has 2 aromatic carbocycles. The van der Waals surface area contributed by atoms with E-state index in [1.54, 1.807) is 4.31 Å². The summed E-state index contributed by atoms with van der Waals surface area (Å²) in [7, 11) is -3.45. The number of aryl methyl sites for hydroxylation is 2. The zero-order valence-electron chi connectivity index (χ0n) is 16.8. The third kappa shape index (κ3) is 4.26. The average Bonchev–Trinajstić information content (AvgIpc) is 2.66. The minimum Gasteiger partial charge on any atom is -0.300 e. The van der Waals surface area contributed by atoms with Crippen LogP contribution in [0.5, 0.6) is 0 Å². The van der Waals surface area contributed by atoms with E-state index in [9.17, 15) is 8.42 Å². The van der Waals surface area contributed by atoms with Crippen LogP contribution in [0.2, 0.25) is 0 Å². The Hall–Kier alpha value is -1.69. The lowest BCUT2D eigenvalue weighted by atomic mass is 10.0. The molecule has 3 rings (SSSR count). The van der Waals surface area contributed by atoms with Crippen molar-refractivity contribution in [3.8, 4) is 0 Å². The predicted molar refractivity (Wildman–Crippen MR) is 111 cm³/mol. The standard InChI is InChI=1S/C22H30N2O2S/c1-17-16-18(2)20(4)22(19(17)3)27(25,26)24-14-12-23(13-15-24)11-10-21-8-6-5-7-9-21/h5-9,16H,10-15H2,1-4H3. The van der Waals surface area contributed by atoms with Crippen molar-refractivity contribution in [2.75, 3.05) is 32.7 Å². The van der Waals surface area contributed by atoms with Crippen LogP contribution in [0.15, 0.2) is 41.3 Å². The van der Waals surface area contributed by atoms with Crippen LogP contribution in [0, 0.1) is 27.7 Å². The van der Waals surface area contributed by atoms with Gasteiger partial charge in [-0.05, 0) is 61.9 Å². The second-order valence-corrected chi connectivity index (χ2v) is 9.45. The first-order chi connectivity index (χ1) is 12.8. The monoisotopic (exact) mass is 386 g/mol. The first-order valence-corrected chi connectivity index (χ1v) is 11.1. The van der Waals surface area contributed by atoms with E-state index in [1.807, 2.05) is 33.8 Å². The van der Waals surface area contributed by atoms with E-state index in [4.69, 9.17) is 0 Å². The van der Waals surface area contributed by atoms with Gasteiger partial charge in [0.2, 0.25) is 10.0 Å². The number of rotatable bonds is 5. The van der Waals surface area contributed by atoms with Crippen LogP contribution >= 0.6 is 0 Å². The van der Waals surface area contributed by atoms with Crippen molar-refractivity contribution in [2.45, 2.75) is 39.0 Å². The molecule has 2 aromatic rings. The summed E-state index contributed by atoms with van der Waals surface area (Å²) in [6, 6.07) is 12.5. The zero-order valence-corrected chi connectivity index (χ0v) is 17.6. The molecule has 0 bridgehead atoms. The van der Waals surface area contributed by atoms with Gasteiger partial charge < -0.3 is 4.90 Å². The Morgan fingerprint density at radius 3 is 1.96 bits per heavy atom. The van der Waals surface area contributed by atoms with Crippen molar-refractivity contribution in [3.63, 3.8) is 0 Å². The molecule has 0 amide bonds. The van der Waals surface area contributed by atoms with Gasteiger partial charge in [-0.1, -0.05) is 36.4 Å². The first-order valence-electron chi connectivity index (χ1n) is 9.64. The van der Waals surface area contributed by atoms with Gasteiger partial charge in [0.15, 0.2) is 0 Å². The van der Waals surface area contributed by atoms with Crippen molar-refractivity contribution in [2.24, 2.45) is 0 Å². The van der Waals surface area contributed by atoms with Crippen LogP contribution in [0.1, 0.15) is 27.8 Å². The second-order valence-electron chi connectivity index (χ2n) is 7.57. The first kappa shape index (κ1) is 20.1. The fraction of sp³-hybridized carbons (Fsp3) is 0.455. The molecule has 27 heavy (non-hydrogen) atoms. The van der Waals surface area contributed by atoms with Gasteiger partial charge in [-0.2, -0.15) is 4.31 Å². The molecule has 1 aliphatic rings. The molecule has 0 N–H and O–H groups in total. The normalized spacial score (nSPS) is 16.6. The fourth-order valence-corrected chi connectivity index (χ4v) is 5.82. The number of hydrogen-bond donors (Lipinski definition) is 0. The van der Waals surface area contributed by atoms with Crippen LogP contribution in [0.4, 0.5) is 0 Å². The largest absolute Gasteiger partial charge is 0.300 e. The quantitative estimate of drug-likeness (QED) is 0.790. The molecule has 0 unspecified atom stereocenters. The molecule has 0 saturated carbocycles. The van der Waals surface area contributed by atoms with Gasteiger partial charge in [0.25, 0.3) is 0 Å². The Labute approximate surface area is 163 Å². The summed E-state index contributed by atoms with van der Waals surface area (Å²) in [5, 5.41) is 0. The molecule has 1 fully saturated rings. The summed E-state index contributed by atoms with van der Waals surface area (Å²) < 4.78 is 28.3. The lowest BCUT2D eigenvalue weighted by Crippen LogP contribution is -2.49. The summed E-state index contributed by atoms with van der Waals surface area (Å²) in [6.07, 6.45) is 1.00. The van der Waals surface area contributed by atoms with Gasteiger partial charge in [-0.3, -0.25) is 0 Å². The Balaban J connectivity index is 1.69. The van der Waals surface area contributed by atoms with Gasteiger partial charge in [0, 0.05) is 32.7 Å². The molecule has 1 saturated heterocycles. The van der Waals surface area contributed by atoms with Crippen molar-refractivity contribution >= 4 is 10.0 Å². The molecule has 1 heterocycles. The molecule has 0 aromatic heterocycles. The lowest BCUT2D eigenvalue weighted by molar-refractivity contribution is 0.190. The molecule has 5 heteroatoms. The maximum absolute atomic E-state index is 13.3. The average molecular weight is 387 g/mol. The Morgan fingerprint density at radius 2 is 1.41 bits per heavy atom. The van der Waals surface area contributed by atoms with Crippen molar-refractivity contribution in [1.29, 1.82) is 0 Å². The summed E-state index contributed by atoms with van der Waals surface area (Å²) in [6.45, 7) is 11.5. The van der Waals surface area contributed by atoms with E-state index < -0.39 is 10.0 Å². The Kier molecular flexibility index (Phi) is 6.04. The van der Waals surface area contributed by atoms with E-state index in [0.717, 1.165) is 48.3 Å². The summed E-state index contributed by atoms with van der Waals surface area (Å²) in [4.78, 5) is 2.87. The third-order valence-corrected chi connectivity index (χ3v) is 7.96. The third-order valence-electron chi connectivity index (χ3n) is 5.79. The molecule has 0 spiro atoms. The summed E-state index contributed by atoms with van der Waals surface area (Å²) >= 11 is 0. The van der Waals surface area contributed by atoms with Gasteiger partial charge in [0.05, 0.1) is 4.90 Å². The Bertz CT molecular complexity index is 873.